The van der Waals surface area contributed by atoms with Crippen LogP contribution in [0.1, 0.15) is 9.67 Å². The molecule has 1 aromatic carbocycles. The molecule has 0 saturated carbocycles. The number of nitro groups is 1. The van der Waals surface area contributed by atoms with Crippen molar-refractivity contribution in [1.82, 2.24) is 0 Å². The summed E-state index contributed by atoms with van der Waals surface area (Å²) in [4.78, 5) is 22.1. The first kappa shape index (κ1) is 15.1. The molecule has 1 aromatic heterocycles. The Hall–Kier alpha value is -1.34. The van der Waals surface area contributed by atoms with E-state index >= 15 is 0 Å². The van der Waals surface area contributed by atoms with Gasteiger partial charge in [-0.1, -0.05) is 34.8 Å². The molecule has 5 nitrogen and oxygen atoms in total. The Morgan fingerprint density at radius 3 is 2.55 bits per heavy atom. The van der Waals surface area contributed by atoms with Crippen molar-refractivity contribution in [2.24, 2.45) is 0 Å². The zero-order valence-corrected chi connectivity index (χ0v) is 12.6. The Morgan fingerprint density at radius 2 is 1.95 bits per heavy atom. The minimum atomic E-state index is -0.651. The Balaban J connectivity index is 2.26. The summed E-state index contributed by atoms with van der Waals surface area (Å²) in [6.45, 7) is 0. The van der Waals surface area contributed by atoms with Gasteiger partial charge in [-0.25, -0.2) is 0 Å². The number of amides is 1. The molecule has 0 radical (unpaired) electrons. The Kier molecular flexibility index (Phi) is 4.49. The molecular formula is C11H5Cl3N2O3S. The first-order valence-corrected chi connectivity index (χ1v) is 7.03. The van der Waals surface area contributed by atoms with Crippen LogP contribution in [0.5, 0.6) is 0 Å². The van der Waals surface area contributed by atoms with Crippen molar-refractivity contribution in [3.63, 3.8) is 0 Å². The number of hydrogen-bond acceptors (Lipinski definition) is 4. The summed E-state index contributed by atoms with van der Waals surface area (Å²) >= 11 is 18.2. The highest BCUT2D eigenvalue weighted by atomic mass is 35.5. The second-order valence-electron chi connectivity index (χ2n) is 3.60. The standard InChI is InChI=1S/C11H5Cl3N2O3S/c12-5-1-2-6(13)7(3-5)15-11(17)9-4-8(16(18)19)10(14)20-9/h1-4H,(H,15,17). The van der Waals surface area contributed by atoms with Gasteiger partial charge in [0.2, 0.25) is 0 Å². The molecule has 0 unspecified atom stereocenters. The monoisotopic (exact) mass is 350 g/mol. The van der Waals surface area contributed by atoms with Gasteiger partial charge < -0.3 is 5.32 Å². The van der Waals surface area contributed by atoms with Crippen LogP contribution in [0.4, 0.5) is 11.4 Å². The van der Waals surface area contributed by atoms with Crippen molar-refractivity contribution >= 4 is 63.4 Å². The smallest absolute Gasteiger partial charge is 0.299 e. The van der Waals surface area contributed by atoms with Crippen LogP contribution in [0, 0.1) is 10.1 Å². The van der Waals surface area contributed by atoms with E-state index in [-0.39, 0.29) is 14.9 Å². The average Bonchev–Trinajstić information content (AvgIpc) is 2.76. The molecular weight excluding hydrogens is 347 g/mol. The molecule has 0 bridgehead atoms. The number of thiophene rings is 1. The van der Waals surface area contributed by atoms with E-state index in [4.69, 9.17) is 34.8 Å². The first-order valence-electron chi connectivity index (χ1n) is 5.08. The van der Waals surface area contributed by atoms with E-state index < -0.39 is 10.8 Å². The molecule has 0 aliphatic rings. The summed E-state index contributed by atoms with van der Waals surface area (Å²) in [5.74, 6) is -0.547. The van der Waals surface area contributed by atoms with Gasteiger partial charge in [0.05, 0.1) is 15.6 Å². The number of hydrogen-bond donors (Lipinski definition) is 1. The summed E-state index contributed by atoms with van der Waals surface area (Å²) in [6, 6.07) is 5.70. The summed E-state index contributed by atoms with van der Waals surface area (Å²) in [6.07, 6.45) is 0. The lowest BCUT2D eigenvalue weighted by Crippen LogP contribution is -2.10. The number of nitrogens with one attached hydrogen (secondary N) is 1. The molecule has 2 rings (SSSR count). The summed E-state index contributed by atoms with van der Waals surface area (Å²) in [5, 5.41) is 13.9. The van der Waals surface area contributed by atoms with Crippen LogP contribution < -0.4 is 5.32 Å². The Labute approximate surface area is 132 Å². The van der Waals surface area contributed by atoms with Crippen LogP contribution in [-0.4, -0.2) is 10.8 Å². The lowest BCUT2D eigenvalue weighted by molar-refractivity contribution is -0.384. The summed E-state index contributed by atoms with van der Waals surface area (Å²) < 4.78 is -0.0580. The second-order valence-corrected chi connectivity index (χ2v) is 6.10. The second kappa shape index (κ2) is 5.97. The number of halogens is 3. The van der Waals surface area contributed by atoms with Crippen LogP contribution >= 0.6 is 46.1 Å². The highest BCUT2D eigenvalue weighted by Gasteiger charge is 2.21. The van der Waals surface area contributed by atoms with Gasteiger partial charge in [-0.15, -0.1) is 11.3 Å². The number of rotatable bonds is 3. The SMILES string of the molecule is O=C(Nc1cc(Cl)ccc1Cl)c1cc([N+](=O)[O-])c(Cl)s1. The van der Waals surface area contributed by atoms with Crippen molar-refractivity contribution in [2.45, 2.75) is 0 Å². The topological polar surface area (TPSA) is 72.2 Å². The lowest BCUT2D eigenvalue weighted by atomic mass is 10.3. The molecule has 1 N–H and O–H groups in total. The maximum absolute atomic E-state index is 12.0. The molecule has 2 aromatic rings. The van der Waals surface area contributed by atoms with Gasteiger partial charge in [0.1, 0.15) is 4.88 Å². The van der Waals surface area contributed by atoms with Crippen LogP contribution in [0.25, 0.3) is 0 Å². The number of anilines is 1. The average molecular weight is 352 g/mol. The van der Waals surface area contributed by atoms with Crippen LogP contribution in [0.2, 0.25) is 14.4 Å². The summed E-state index contributed by atoms with van der Waals surface area (Å²) in [5.41, 5.74) is 0.00958. The van der Waals surface area contributed by atoms with E-state index in [1.54, 1.807) is 6.07 Å². The minimum Gasteiger partial charge on any atom is -0.320 e. The molecule has 1 heterocycles. The van der Waals surface area contributed by atoms with Crippen molar-refractivity contribution in [3.8, 4) is 0 Å². The van der Waals surface area contributed by atoms with Gasteiger partial charge in [0.25, 0.3) is 11.6 Å². The number of carbonyl (C=O) groups is 1. The van der Waals surface area contributed by atoms with Gasteiger partial charge in [-0.05, 0) is 18.2 Å². The molecule has 0 spiro atoms. The Bertz CT molecular complexity index is 702. The highest BCUT2D eigenvalue weighted by Crippen LogP contribution is 2.34. The van der Waals surface area contributed by atoms with E-state index in [9.17, 15) is 14.9 Å². The van der Waals surface area contributed by atoms with Gasteiger partial charge >= 0.3 is 0 Å². The predicted octanol–water partition coefficient (Wildman–Crippen LogP) is 4.87. The molecule has 1 amide bonds. The van der Waals surface area contributed by atoms with Gasteiger partial charge in [-0.3, -0.25) is 14.9 Å². The van der Waals surface area contributed by atoms with E-state index in [0.717, 1.165) is 17.4 Å². The predicted molar refractivity (Wildman–Crippen MR) is 80.4 cm³/mol. The van der Waals surface area contributed by atoms with E-state index in [0.29, 0.717) is 15.7 Å². The largest absolute Gasteiger partial charge is 0.320 e. The lowest BCUT2D eigenvalue weighted by Gasteiger charge is -2.05. The van der Waals surface area contributed by atoms with Crippen molar-refractivity contribution in [2.75, 3.05) is 5.32 Å². The third-order valence-electron chi connectivity index (χ3n) is 2.27. The summed E-state index contributed by atoms with van der Waals surface area (Å²) in [7, 11) is 0. The molecule has 0 fully saturated rings. The third kappa shape index (κ3) is 3.21. The third-order valence-corrected chi connectivity index (χ3v) is 4.17. The number of carbonyl (C=O) groups excluding carboxylic acids is 1. The van der Waals surface area contributed by atoms with Crippen LogP contribution in [0.3, 0.4) is 0 Å². The fraction of sp³-hybridized carbons (Fsp3) is 0. The molecule has 0 atom stereocenters. The van der Waals surface area contributed by atoms with E-state index in [1.807, 2.05) is 0 Å². The molecule has 0 aliphatic heterocycles. The fourth-order valence-corrected chi connectivity index (χ4v) is 2.83. The molecule has 0 aliphatic carbocycles. The van der Waals surface area contributed by atoms with Crippen LogP contribution in [0.15, 0.2) is 24.3 Å². The zero-order valence-electron chi connectivity index (χ0n) is 9.52. The molecule has 0 saturated heterocycles. The highest BCUT2D eigenvalue weighted by molar-refractivity contribution is 7.18. The van der Waals surface area contributed by atoms with Crippen molar-refractivity contribution in [1.29, 1.82) is 0 Å². The van der Waals surface area contributed by atoms with Gasteiger partial charge in [0.15, 0.2) is 4.34 Å². The zero-order chi connectivity index (χ0) is 14.9. The van der Waals surface area contributed by atoms with Gasteiger partial charge in [-0.2, -0.15) is 0 Å². The van der Waals surface area contributed by atoms with E-state index in [1.165, 1.54) is 12.1 Å². The van der Waals surface area contributed by atoms with Crippen LogP contribution in [-0.2, 0) is 0 Å². The number of benzene rings is 1. The maximum Gasteiger partial charge on any atom is 0.299 e. The maximum atomic E-state index is 12.0. The Morgan fingerprint density at radius 1 is 1.25 bits per heavy atom. The van der Waals surface area contributed by atoms with E-state index in [2.05, 4.69) is 5.32 Å². The normalized spacial score (nSPS) is 10.3. The van der Waals surface area contributed by atoms with Crippen molar-refractivity contribution < 1.29 is 9.72 Å². The number of nitrogens with zero attached hydrogens (tertiary/aromatic N) is 1. The molecule has 9 heteroatoms. The fourth-order valence-electron chi connectivity index (χ4n) is 1.37. The minimum absolute atomic E-state index is 0.0580. The van der Waals surface area contributed by atoms with Gasteiger partial charge in [0, 0.05) is 11.1 Å². The first-order chi connectivity index (χ1) is 9.38. The molecule has 20 heavy (non-hydrogen) atoms. The van der Waals surface area contributed by atoms with Crippen molar-refractivity contribution in [3.05, 3.63) is 53.6 Å². The quantitative estimate of drug-likeness (QED) is 0.633. The molecule has 104 valence electrons.